The Balaban J connectivity index is 3.12. The number of hydrogen-bond acceptors (Lipinski definition) is 3. The van der Waals surface area contributed by atoms with Crippen LogP contribution in [0, 0.1) is 0 Å². The highest BCUT2D eigenvalue weighted by Crippen LogP contribution is 2.00. The third-order valence-electron chi connectivity index (χ3n) is 0.541. The average molecular weight is 137 g/mol. The second kappa shape index (κ2) is 1.71. The van der Waals surface area contributed by atoms with E-state index in [9.17, 15) is 0 Å². The molecule has 0 N–H and O–H groups in total. The van der Waals surface area contributed by atoms with Gasteiger partial charge in [0.05, 0.1) is 0 Å². The van der Waals surface area contributed by atoms with Gasteiger partial charge in [-0.05, 0) is 11.6 Å². The van der Waals surface area contributed by atoms with E-state index in [1.807, 2.05) is 0 Å². The lowest BCUT2D eigenvalue weighted by molar-refractivity contribution is -0.727. The Bertz CT molecular complexity index is 145. The zero-order chi connectivity index (χ0) is 5.28. The molecule has 5 heteroatoms. The third-order valence-corrected chi connectivity index (χ3v) is 1.56. The summed E-state index contributed by atoms with van der Waals surface area (Å²) >= 11 is 6.65. The first-order valence-corrected chi connectivity index (χ1v) is 2.80. The molecule has 0 saturated carbocycles. The Hall–Kier alpha value is -0.220. The van der Waals surface area contributed by atoms with Crippen LogP contribution >= 0.6 is 23.1 Å². The maximum atomic E-state index is 5.48. The fourth-order valence-corrected chi connectivity index (χ4v) is 0.695. The summed E-state index contributed by atoms with van der Waals surface area (Å²) < 4.78 is 5.65. The van der Waals surface area contributed by atoms with Gasteiger partial charge in [0.1, 0.15) is 11.5 Å². The Kier molecular flexibility index (Phi) is 1.21. The van der Waals surface area contributed by atoms with Gasteiger partial charge < -0.3 is 0 Å². The third kappa shape index (κ3) is 0.863. The number of nitrogens with zero attached hydrogens (tertiary/aromatic N) is 3. The topological polar surface area (TPSA) is 29.7 Å². The van der Waals surface area contributed by atoms with Crippen LogP contribution in [-0.2, 0) is 7.05 Å². The molecule has 0 aliphatic rings. The minimum atomic E-state index is 0.597. The molecule has 0 unspecified atom stereocenters. The SMILES string of the molecule is C[n+]1nnsc1Cl. The molecule has 0 aliphatic heterocycles. The zero-order valence-corrected chi connectivity index (χ0v) is 5.20. The molecular formula is C2H3ClN3S+. The van der Waals surface area contributed by atoms with Crippen LogP contribution in [0.4, 0.5) is 0 Å². The maximum absolute atomic E-state index is 5.48. The lowest BCUT2D eigenvalue weighted by atomic mass is 11.3. The smallest absolute Gasteiger partial charge is 0.108 e. The van der Waals surface area contributed by atoms with Crippen LogP contribution in [-0.4, -0.2) is 9.70 Å². The molecule has 1 aromatic rings. The molecule has 3 nitrogen and oxygen atoms in total. The van der Waals surface area contributed by atoms with Gasteiger partial charge in [0.2, 0.25) is 0 Å². The fourth-order valence-electron chi connectivity index (χ4n) is 0.201. The fraction of sp³-hybridized carbons (Fsp3) is 0.500. The van der Waals surface area contributed by atoms with Crippen LogP contribution < -0.4 is 4.68 Å². The van der Waals surface area contributed by atoms with Crippen LogP contribution in [0.3, 0.4) is 0 Å². The molecule has 0 fully saturated rings. The van der Waals surface area contributed by atoms with Gasteiger partial charge in [-0.25, -0.2) is 0 Å². The Labute approximate surface area is 49.7 Å². The van der Waals surface area contributed by atoms with E-state index < -0.39 is 0 Å². The van der Waals surface area contributed by atoms with Crippen molar-refractivity contribution in [2.24, 2.45) is 7.05 Å². The van der Waals surface area contributed by atoms with E-state index in [1.54, 1.807) is 7.05 Å². The molecule has 38 valence electrons. The number of aromatic nitrogens is 3. The van der Waals surface area contributed by atoms with Crippen molar-refractivity contribution in [2.75, 3.05) is 0 Å². The summed E-state index contributed by atoms with van der Waals surface area (Å²) in [6.07, 6.45) is 0. The first-order chi connectivity index (χ1) is 3.30. The number of rotatable bonds is 0. The van der Waals surface area contributed by atoms with E-state index >= 15 is 0 Å². The highest BCUT2D eigenvalue weighted by Gasteiger charge is 2.03. The van der Waals surface area contributed by atoms with Crippen molar-refractivity contribution in [1.29, 1.82) is 0 Å². The van der Waals surface area contributed by atoms with Gasteiger partial charge in [-0.15, -0.1) is 4.68 Å². The molecule has 0 aromatic carbocycles. The van der Waals surface area contributed by atoms with Crippen molar-refractivity contribution in [2.45, 2.75) is 0 Å². The largest absolute Gasteiger partial charge is 0.316 e. The Morgan fingerprint density at radius 2 is 2.57 bits per heavy atom. The maximum Gasteiger partial charge on any atom is 0.316 e. The molecule has 0 atom stereocenters. The summed E-state index contributed by atoms with van der Waals surface area (Å²) in [5, 5.41) is 3.57. The monoisotopic (exact) mass is 136 g/mol. The Morgan fingerprint density at radius 3 is 2.71 bits per heavy atom. The van der Waals surface area contributed by atoms with Gasteiger partial charge in [0, 0.05) is 0 Å². The molecule has 0 amide bonds. The van der Waals surface area contributed by atoms with Crippen molar-refractivity contribution in [3.05, 3.63) is 4.47 Å². The molecule has 1 aromatic heterocycles. The summed E-state index contributed by atoms with van der Waals surface area (Å²) in [5.41, 5.74) is 0. The first-order valence-electron chi connectivity index (χ1n) is 1.65. The van der Waals surface area contributed by atoms with E-state index in [0.717, 1.165) is 0 Å². The second-order valence-electron chi connectivity index (χ2n) is 1.04. The Morgan fingerprint density at radius 1 is 1.86 bits per heavy atom. The number of halogens is 1. The van der Waals surface area contributed by atoms with Crippen molar-refractivity contribution < 1.29 is 4.68 Å². The molecule has 1 heterocycles. The van der Waals surface area contributed by atoms with Crippen molar-refractivity contribution in [3.63, 3.8) is 0 Å². The van der Waals surface area contributed by atoms with Gasteiger partial charge in [0.25, 0.3) is 0 Å². The van der Waals surface area contributed by atoms with Crippen molar-refractivity contribution in [3.8, 4) is 0 Å². The predicted octanol–water partition coefficient (Wildman–Crippen LogP) is 0.0160. The summed E-state index contributed by atoms with van der Waals surface area (Å²) in [6.45, 7) is 0. The number of aryl methyl sites for hydroxylation is 1. The summed E-state index contributed by atoms with van der Waals surface area (Å²) in [6, 6.07) is 0. The highest BCUT2D eigenvalue weighted by atomic mass is 35.5. The van der Waals surface area contributed by atoms with Gasteiger partial charge >= 0.3 is 4.47 Å². The molecule has 1 rings (SSSR count). The van der Waals surface area contributed by atoms with Crippen LogP contribution in [0.5, 0.6) is 0 Å². The summed E-state index contributed by atoms with van der Waals surface area (Å²) in [7, 11) is 1.74. The van der Waals surface area contributed by atoms with Gasteiger partial charge in [-0.3, -0.25) is 0 Å². The van der Waals surface area contributed by atoms with Gasteiger partial charge in [-0.2, -0.15) is 0 Å². The molecule has 0 aliphatic carbocycles. The van der Waals surface area contributed by atoms with Crippen molar-refractivity contribution in [1.82, 2.24) is 9.70 Å². The normalized spacial score (nSPS) is 9.43. The highest BCUT2D eigenvalue weighted by molar-refractivity contribution is 7.09. The average Bonchev–Trinajstić information content (AvgIpc) is 1.91. The lowest BCUT2D eigenvalue weighted by Crippen LogP contribution is -2.30. The van der Waals surface area contributed by atoms with E-state index in [4.69, 9.17) is 11.6 Å². The first kappa shape index (κ1) is 4.93. The minimum absolute atomic E-state index is 0.597. The molecule has 0 spiro atoms. The van der Waals surface area contributed by atoms with E-state index in [1.165, 1.54) is 16.2 Å². The zero-order valence-electron chi connectivity index (χ0n) is 3.63. The summed E-state index contributed by atoms with van der Waals surface area (Å²) in [4.78, 5) is 0. The van der Waals surface area contributed by atoms with Crippen LogP contribution in [0.25, 0.3) is 0 Å². The summed E-state index contributed by atoms with van der Waals surface area (Å²) in [5.74, 6) is 0. The van der Waals surface area contributed by atoms with Crippen LogP contribution in [0.15, 0.2) is 0 Å². The standard InChI is InChI=1S/C2H3ClN3S/c1-6-2(3)7-5-4-6/h1H3/q+1. The van der Waals surface area contributed by atoms with E-state index in [2.05, 4.69) is 9.70 Å². The predicted molar refractivity (Wildman–Crippen MR) is 26.1 cm³/mol. The second-order valence-corrected chi connectivity index (χ2v) is 2.35. The van der Waals surface area contributed by atoms with Gasteiger partial charge in [0.15, 0.2) is 16.7 Å². The van der Waals surface area contributed by atoms with E-state index in [-0.39, 0.29) is 0 Å². The van der Waals surface area contributed by atoms with E-state index in [0.29, 0.717) is 4.47 Å². The minimum Gasteiger partial charge on any atom is -0.108 e. The lowest BCUT2D eigenvalue weighted by Gasteiger charge is -1.68. The number of hydrogen-bond donors (Lipinski definition) is 0. The molecule has 0 bridgehead atoms. The van der Waals surface area contributed by atoms with Crippen LogP contribution in [0.2, 0.25) is 4.47 Å². The molecule has 0 radical (unpaired) electrons. The molecular weight excluding hydrogens is 134 g/mol. The van der Waals surface area contributed by atoms with Crippen LogP contribution in [0.1, 0.15) is 0 Å². The van der Waals surface area contributed by atoms with Gasteiger partial charge in [-0.1, -0.05) is 0 Å². The van der Waals surface area contributed by atoms with Crippen molar-refractivity contribution >= 4 is 23.1 Å². The molecule has 0 saturated heterocycles. The molecule has 7 heavy (non-hydrogen) atoms. The quantitative estimate of drug-likeness (QED) is 0.471.